The second-order valence-electron chi connectivity index (χ2n) is 14.0. The van der Waals surface area contributed by atoms with Crippen molar-refractivity contribution in [2.24, 2.45) is 28.7 Å². The van der Waals surface area contributed by atoms with E-state index in [1.165, 1.54) is 0 Å². The van der Waals surface area contributed by atoms with Crippen LogP contribution in [0.25, 0.3) is 0 Å². The summed E-state index contributed by atoms with van der Waals surface area (Å²) in [4.78, 5) is 1.95. The number of nitrogens with zero attached hydrogens (tertiary/aromatic N) is 1. The molecule has 1 aliphatic carbocycles. The lowest BCUT2D eigenvalue weighted by Gasteiger charge is -2.47. The predicted molar refractivity (Wildman–Crippen MR) is 177 cm³/mol. The SMILES string of the molecule is CN(CCc1ccccc1)C[C@H]1O[C@H](O[C@H]2[C@H](O[C@@H]3O[C@H](CO)[C@@H](O[C@H]4O[C@@H](CN)[C@@H](O)[C@H](O)[C@H]4N)[C@H]3O)[C@@H](O)[C@H](N)C[C@@H]2N)[C@H](N)[C@@H](O)[C@@H]1O. The van der Waals surface area contributed by atoms with Crippen LogP contribution < -0.4 is 28.7 Å². The van der Waals surface area contributed by atoms with Crippen molar-refractivity contribution in [3.8, 4) is 0 Å². The number of hydrogen-bond donors (Lipinski definition) is 12. The molecule has 0 amide bonds. The van der Waals surface area contributed by atoms with Gasteiger partial charge in [-0.05, 0) is 25.5 Å². The van der Waals surface area contributed by atoms with Crippen LogP contribution in [0.2, 0.25) is 0 Å². The second-order valence-corrected chi connectivity index (χ2v) is 14.0. The third-order valence-electron chi connectivity index (χ3n) is 10.3. The Morgan fingerprint density at radius 1 is 0.667 bits per heavy atom. The minimum absolute atomic E-state index is 0.0942. The molecule has 292 valence electrons. The van der Waals surface area contributed by atoms with Gasteiger partial charge < -0.3 is 97.7 Å². The molecule has 0 radical (unpaired) electrons. The van der Waals surface area contributed by atoms with E-state index in [1.807, 2.05) is 42.3 Å². The van der Waals surface area contributed by atoms with Crippen LogP contribution in [0.3, 0.4) is 0 Å². The van der Waals surface area contributed by atoms with Crippen LogP contribution in [0.15, 0.2) is 30.3 Å². The Morgan fingerprint density at radius 2 is 1.22 bits per heavy atom. The quantitative estimate of drug-likeness (QED) is 0.0896. The average Bonchev–Trinajstić information content (AvgIpc) is 3.42. The van der Waals surface area contributed by atoms with Crippen molar-refractivity contribution in [1.82, 2.24) is 4.90 Å². The monoisotopic (exact) mass is 732 g/mol. The number of aliphatic hydroxyl groups excluding tert-OH is 7. The molecule has 51 heavy (non-hydrogen) atoms. The summed E-state index contributed by atoms with van der Waals surface area (Å²) in [7, 11) is 1.86. The lowest BCUT2D eigenvalue weighted by Crippen LogP contribution is -2.68. The molecule has 0 aromatic heterocycles. The van der Waals surface area contributed by atoms with Gasteiger partial charge in [0.1, 0.15) is 67.1 Å². The van der Waals surface area contributed by atoms with Gasteiger partial charge in [-0.15, -0.1) is 0 Å². The number of rotatable bonds is 13. The normalized spacial score (nSPS) is 46.4. The van der Waals surface area contributed by atoms with Crippen molar-refractivity contribution in [3.63, 3.8) is 0 Å². The molecule has 1 aromatic rings. The molecule has 17 N–H and O–H groups in total. The molecule has 3 heterocycles. The van der Waals surface area contributed by atoms with Gasteiger partial charge in [0.2, 0.25) is 0 Å². The fourth-order valence-corrected chi connectivity index (χ4v) is 7.06. The molecule has 19 atom stereocenters. The Bertz CT molecular complexity index is 1220. The third-order valence-corrected chi connectivity index (χ3v) is 10.3. The van der Waals surface area contributed by atoms with E-state index >= 15 is 0 Å². The van der Waals surface area contributed by atoms with Gasteiger partial charge in [0.25, 0.3) is 0 Å². The number of ether oxygens (including phenoxy) is 6. The smallest absolute Gasteiger partial charge is 0.187 e. The molecule has 0 spiro atoms. The van der Waals surface area contributed by atoms with E-state index in [-0.39, 0.29) is 19.5 Å². The van der Waals surface area contributed by atoms with Crippen LogP contribution >= 0.6 is 0 Å². The zero-order valence-corrected chi connectivity index (χ0v) is 28.5. The van der Waals surface area contributed by atoms with Crippen molar-refractivity contribution in [3.05, 3.63) is 35.9 Å². The van der Waals surface area contributed by atoms with Gasteiger partial charge in [-0.3, -0.25) is 0 Å². The topological polar surface area (TPSA) is 330 Å². The van der Waals surface area contributed by atoms with Gasteiger partial charge >= 0.3 is 0 Å². The minimum Gasteiger partial charge on any atom is -0.394 e. The number of likely N-dealkylation sites (N-methyl/N-ethyl adjacent to an activating group) is 1. The lowest BCUT2D eigenvalue weighted by molar-refractivity contribution is -0.309. The number of nitrogens with two attached hydrogens (primary N) is 5. The zero-order valence-electron chi connectivity index (χ0n) is 28.5. The highest BCUT2D eigenvalue weighted by Gasteiger charge is 2.54. The molecule has 19 nitrogen and oxygen atoms in total. The highest BCUT2D eigenvalue weighted by atomic mass is 16.8. The van der Waals surface area contributed by atoms with Gasteiger partial charge in [-0.25, -0.2) is 0 Å². The van der Waals surface area contributed by atoms with E-state index < -0.39 is 123 Å². The largest absolute Gasteiger partial charge is 0.394 e. The van der Waals surface area contributed by atoms with E-state index in [4.69, 9.17) is 57.1 Å². The maximum atomic E-state index is 11.3. The standard InChI is InChI=1S/C32H56N6O13/c1-38(8-7-13-5-3-2-4-6-13)11-17-23(42)25(44)20(37)31(47-17)49-27-15(35)9-14(34)21(40)29(27)51-32-26(45)28(18(12-39)48-32)50-30-19(36)24(43)22(41)16(10-33)46-30/h2-6,14-32,39-45H,7-12,33-37H2,1H3/t14-,15+,16+,17-,18-,19-,20-,21+,22-,23-,24-,25-,26-,27-,28-,29-,30-,31-,32+/m1/s1. The lowest BCUT2D eigenvalue weighted by atomic mass is 9.84. The summed E-state index contributed by atoms with van der Waals surface area (Å²) < 4.78 is 35.7. The summed E-state index contributed by atoms with van der Waals surface area (Å²) in [5, 5.41) is 74.9. The van der Waals surface area contributed by atoms with E-state index in [2.05, 4.69) is 0 Å². The van der Waals surface area contributed by atoms with Crippen LogP contribution in [-0.2, 0) is 34.8 Å². The van der Waals surface area contributed by atoms with E-state index in [1.54, 1.807) is 0 Å². The maximum absolute atomic E-state index is 11.3. The summed E-state index contributed by atoms with van der Waals surface area (Å²) in [6.07, 6.45) is -18.9. The highest BCUT2D eigenvalue weighted by molar-refractivity contribution is 5.15. The average molecular weight is 733 g/mol. The highest BCUT2D eigenvalue weighted by Crippen LogP contribution is 2.34. The van der Waals surface area contributed by atoms with Gasteiger partial charge in [0, 0.05) is 31.7 Å². The van der Waals surface area contributed by atoms with Crippen molar-refractivity contribution in [2.45, 2.75) is 129 Å². The molecule has 4 aliphatic rings. The minimum atomic E-state index is -1.61. The Morgan fingerprint density at radius 3 is 1.82 bits per heavy atom. The van der Waals surface area contributed by atoms with E-state index in [0.29, 0.717) is 6.54 Å². The zero-order chi connectivity index (χ0) is 37.1. The van der Waals surface area contributed by atoms with Crippen molar-refractivity contribution < 1.29 is 64.2 Å². The Balaban J connectivity index is 1.27. The van der Waals surface area contributed by atoms with Gasteiger partial charge in [-0.1, -0.05) is 30.3 Å². The molecule has 0 unspecified atom stereocenters. The maximum Gasteiger partial charge on any atom is 0.187 e. The molecule has 3 aliphatic heterocycles. The first kappa shape index (κ1) is 40.6. The summed E-state index contributed by atoms with van der Waals surface area (Å²) in [5.41, 5.74) is 31.8. The Kier molecular flexibility index (Phi) is 14.1. The van der Waals surface area contributed by atoms with Crippen LogP contribution in [0, 0.1) is 0 Å². The second kappa shape index (κ2) is 17.7. The van der Waals surface area contributed by atoms with Crippen LogP contribution in [0.5, 0.6) is 0 Å². The van der Waals surface area contributed by atoms with Gasteiger partial charge in [0.15, 0.2) is 18.9 Å². The summed E-state index contributed by atoms with van der Waals surface area (Å²) >= 11 is 0. The first-order valence-corrected chi connectivity index (χ1v) is 17.3. The first-order chi connectivity index (χ1) is 24.2. The van der Waals surface area contributed by atoms with Gasteiger partial charge in [0.05, 0.1) is 24.8 Å². The van der Waals surface area contributed by atoms with Crippen LogP contribution in [0.1, 0.15) is 12.0 Å². The summed E-state index contributed by atoms with van der Waals surface area (Å²) in [6, 6.07) is 5.68. The van der Waals surface area contributed by atoms with Crippen molar-refractivity contribution in [1.29, 1.82) is 0 Å². The molecular weight excluding hydrogens is 676 g/mol. The molecule has 5 rings (SSSR count). The summed E-state index contributed by atoms with van der Waals surface area (Å²) in [6.45, 7) is 0.0504. The molecule has 1 saturated carbocycles. The van der Waals surface area contributed by atoms with Crippen molar-refractivity contribution >= 4 is 0 Å². The molecule has 3 saturated heterocycles. The van der Waals surface area contributed by atoms with E-state index in [0.717, 1.165) is 12.0 Å². The number of hydrogen-bond acceptors (Lipinski definition) is 19. The fraction of sp³-hybridized carbons (Fsp3) is 0.812. The van der Waals surface area contributed by atoms with Gasteiger partial charge in [-0.2, -0.15) is 0 Å². The molecule has 19 heteroatoms. The molecule has 4 fully saturated rings. The van der Waals surface area contributed by atoms with Crippen molar-refractivity contribution in [2.75, 3.05) is 33.3 Å². The number of benzene rings is 1. The Hall–Kier alpha value is -1.54. The molecule has 0 bridgehead atoms. The van der Waals surface area contributed by atoms with Crippen LogP contribution in [0.4, 0.5) is 0 Å². The molecule has 1 aromatic carbocycles. The molecular formula is C32H56N6O13. The number of aliphatic hydroxyl groups is 7. The fourth-order valence-electron chi connectivity index (χ4n) is 7.06. The predicted octanol–water partition coefficient (Wildman–Crippen LogP) is -6.68. The third kappa shape index (κ3) is 9.06. The van der Waals surface area contributed by atoms with Crippen LogP contribution in [-0.4, -0.2) is 190 Å². The van der Waals surface area contributed by atoms with E-state index in [9.17, 15) is 35.7 Å². The summed E-state index contributed by atoms with van der Waals surface area (Å²) in [5.74, 6) is 0. The first-order valence-electron chi connectivity index (χ1n) is 17.3. The Labute approximate surface area is 296 Å².